The minimum Gasteiger partial charge on any atom is -0.290 e. The van der Waals surface area contributed by atoms with Crippen LogP contribution in [0.3, 0.4) is 0 Å². The molecule has 2 aromatic heterocycles. The summed E-state index contributed by atoms with van der Waals surface area (Å²) >= 11 is 0. The summed E-state index contributed by atoms with van der Waals surface area (Å²) in [5, 5.41) is 4.57. The van der Waals surface area contributed by atoms with Crippen molar-refractivity contribution < 1.29 is 0 Å². The zero-order chi connectivity index (χ0) is 15.0. The molecular formula is C16H23N5. The molecule has 1 fully saturated rings. The predicted molar refractivity (Wildman–Crippen MR) is 81.8 cm³/mol. The van der Waals surface area contributed by atoms with Crippen LogP contribution in [0.1, 0.15) is 47.2 Å². The molecule has 21 heavy (non-hydrogen) atoms. The summed E-state index contributed by atoms with van der Waals surface area (Å²) in [7, 11) is 2.02. The Kier molecular flexibility index (Phi) is 3.76. The second kappa shape index (κ2) is 5.56. The number of hydrogen-bond donors (Lipinski definition) is 0. The van der Waals surface area contributed by atoms with Crippen LogP contribution in [0, 0.1) is 20.8 Å². The molecule has 1 unspecified atom stereocenters. The van der Waals surface area contributed by atoms with E-state index in [-0.39, 0.29) is 0 Å². The van der Waals surface area contributed by atoms with Gasteiger partial charge < -0.3 is 0 Å². The van der Waals surface area contributed by atoms with E-state index in [2.05, 4.69) is 33.8 Å². The van der Waals surface area contributed by atoms with Crippen molar-refractivity contribution in [2.24, 2.45) is 7.05 Å². The van der Waals surface area contributed by atoms with Gasteiger partial charge in [-0.2, -0.15) is 5.10 Å². The lowest BCUT2D eigenvalue weighted by Crippen LogP contribution is -2.24. The van der Waals surface area contributed by atoms with E-state index < -0.39 is 0 Å². The quantitative estimate of drug-likeness (QED) is 0.869. The van der Waals surface area contributed by atoms with E-state index in [1.54, 1.807) is 0 Å². The molecule has 3 heterocycles. The molecule has 0 radical (unpaired) electrons. The van der Waals surface area contributed by atoms with Gasteiger partial charge in [0.1, 0.15) is 0 Å². The lowest BCUT2D eigenvalue weighted by atomic mass is 10.0. The van der Waals surface area contributed by atoms with Crippen LogP contribution in [0.2, 0.25) is 0 Å². The molecule has 1 aliphatic heterocycles. The van der Waals surface area contributed by atoms with E-state index in [1.807, 2.05) is 31.0 Å². The highest BCUT2D eigenvalue weighted by Crippen LogP contribution is 2.36. The number of nitrogens with zero attached hydrogens (tertiary/aromatic N) is 5. The summed E-state index contributed by atoms with van der Waals surface area (Å²) in [6.45, 7) is 8.24. The van der Waals surface area contributed by atoms with Crippen LogP contribution in [0.4, 0.5) is 0 Å². The van der Waals surface area contributed by atoms with Crippen LogP contribution in [0.15, 0.2) is 12.4 Å². The normalized spacial score (nSPS) is 19.3. The van der Waals surface area contributed by atoms with Crippen molar-refractivity contribution in [1.29, 1.82) is 0 Å². The van der Waals surface area contributed by atoms with E-state index >= 15 is 0 Å². The van der Waals surface area contributed by atoms with Crippen molar-refractivity contribution >= 4 is 0 Å². The van der Waals surface area contributed by atoms with Crippen molar-refractivity contribution in [2.45, 2.75) is 46.2 Å². The Labute approximate surface area is 126 Å². The molecule has 0 saturated carbocycles. The molecule has 1 aliphatic rings. The van der Waals surface area contributed by atoms with E-state index in [0.717, 1.165) is 30.2 Å². The molecule has 0 spiro atoms. The van der Waals surface area contributed by atoms with Gasteiger partial charge in [0.25, 0.3) is 0 Å². The molecule has 1 atom stereocenters. The van der Waals surface area contributed by atoms with Gasteiger partial charge in [0.05, 0.1) is 17.1 Å². The van der Waals surface area contributed by atoms with Gasteiger partial charge in [-0.3, -0.25) is 19.5 Å². The summed E-state index contributed by atoms with van der Waals surface area (Å²) in [5.41, 5.74) is 5.85. The minimum atomic E-state index is 0.460. The lowest BCUT2D eigenvalue weighted by Gasteiger charge is -2.24. The Hall–Kier alpha value is -1.75. The predicted octanol–water partition coefficient (Wildman–Crippen LogP) is 2.47. The maximum Gasteiger partial charge on any atom is 0.0727 e. The molecule has 5 heteroatoms. The van der Waals surface area contributed by atoms with Gasteiger partial charge in [-0.15, -0.1) is 0 Å². The highest BCUT2D eigenvalue weighted by Gasteiger charge is 2.30. The highest BCUT2D eigenvalue weighted by molar-refractivity contribution is 5.29. The molecular weight excluding hydrogens is 262 g/mol. The zero-order valence-electron chi connectivity index (χ0n) is 13.3. The van der Waals surface area contributed by atoms with Crippen molar-refractivity contribution in [3.8, 4) is 0 Å². The Morgan fingerprint density at radius 3 is 2.62 bits per heavy atom. The molecule has 2 aromatic rings. The summed E-state index contributed by atoms with van der Waals surface area (Å²) in [5.74, 6) is 0. The maximum absolute atomic E-state index is 4.57. The van der Waals surface area contributed by atoms with Crippen LogP contribution >= 0.6 is 0 Å². The van der Waals surface area contributed by atoms with Gasteiger partial charge in [-0.1, -0.05) is 0 Å². The second-order valence-corrected chi connectivity index (χ2v) is 5.99. The van der Waals surface area contributed by atoms with Gasteiger partial charge in [0, 0.05) is 43.3 Å². The van der Waals surface area contributed by atoms with Crippen LogP contribution in [-0.4, -0.2) is 31.2 Å². The molecule has 1 saturated heterocycles. The SMILES string of the molecule is Cc1cnc(CN2CCCC2c2c(C)nn(C)c2C)cn1. The van der Waals surface area contributed by atoms with Crippen LogP contribution in [-0.2, 0) is 13.6 Å². The molecule has 0 amide bonds. The molecule has 0 N–H and O–H groups in total. The molecule has 112 valence electrons. The number of likely N-dealkylation sites (tertiary alicyclic amines) is 1. The Bertz CT molecular complexity index is 629. The van der Waals surface area contributed by atoms with Gasteiger partial charge >= 0.3 is 0 Å². The first-order valence-electron chi connectivity index (χ1n) is 7.58. The Morgan fingerprint density at radius 1 is 1.19 bits per heavy atom. The third-order valence-corrected chi connectivity index (χ3v) is 4.46. The summed E-state index contributed by atoms with van der Waals surface area (Å²) in [4.78, 5) is 11.4. The highest BCUT2D eigenvalue weighted by atomic mass is 15.3. The fourth-order valence-corrected chi connectivity index (χ4v) is 3.32. The zero-order valence-corrected chi connectivity index (χ0v) is 13.3. The van der Waals surface area contributed by atoms with Crippen LogP contribution < -0.4 is 0 Å². The largest absolute Gasteiger partial charge is 0.290 e. The van der Waals surface area contributed by atoms with Crippen molar-refractivity contribution in [2.75, 3.05) is 6.54 Å². The number of hydrogen-bond acceptors (Lipinski definition) is 4. The number of aryl methyl sites for hydroxylation is 3. The summed E-state index contributed by atoms with van der Waals surface area (Å²) < 4.78 is 1.99. The smallest absolute Gasteiger partial charge is 0.0727 e. The van der Waals surface area contributed by atoms with Crippen LogP contribution in [0.25, 0.3) is 0 Å². The average Bonchev–Trinajstić information content (AvgIpc) is 2.98. The maximum atomic E-state index is 4.57. The van der Waals surface area contributed by atoms with Crippen molar-refractivity contribution in [3.63, 3.8) is 0 Å². The fourth-order valence-electron chi connectivity index (χ4n) is 3.32. The van der Waals surface area contributed by atoms with Gasteiger partial charge in [-0.05, 0) is 40.2 Å². The second-order valence-electron chi connectivity index (χ2n) is 5.99. The number of rotatable bonds is 3. The van der Waals surface area contributed by atoms with Crippen molar-refractivity contribution in [3.05, 3.63) is 40.7 Å². The summed E-state index contributed by atoms with van der Waals surface area (Å²) in [6, 6.07) is 0.460. The topological polar surface area (TPSA) is 46.8 Å². The monoisotopic (exact) mass is 285 g/mol. The molecule has 5 nitrogen and oxygen atoms in total. The average molecular weight is 285 g/mol. The van der Waals surface area contributed by atoms with Crippen LogP contribution in [0.5, 0.6) is 0 Å². The first kappa shape index (κ1) is 14.2. The third-order valence-electron chi connectivity index (χ3n) is 4.46. The molecule has 0 bridgehead atoms. The fraction of sp³-hybridized carbons (Fsp3) is 0.562. The van der Waals surface area contributed by atoms with E-state index in [4.69, 9.17) is 0 Å². The molecule has 3 rings (SSSR count). The van der Waals surface area contributed by atoms with Gasteiger partial charge in [0.2, 0.25) is 0 Å². The third kappa shape index (κ3) is 2.70. The minimum absolute atomic E-state index is 0.460. The number of aromatic nitrogens is 4. The van der Waals surface area contributed by atoms with Gasteiger partial charge in [-0.25, -0.2) is 0 Å². The van der Waals surface area contributed by atoms with E-state index in [0.29, 0.717) is 6.04 Å². The Morgan fingerprint density at radius 2 is 2.00 bits per heavy atom. The van der Waals surface area contributed by atoms with E-state index in [1.165, 1.54) is 24.1 Å². The molecule has 0 aromatic carbocycles. The summed E-state index contributed by atoms with van der Waals surface area (Å²) in [6.07, 6.45) is 6.18. The first-order chi connectivity index (χ1) is 10.1. The standard InChI is InChI=1S/C16H23N5/c1-11-8-18-14(9-17-11)10-21-7-5-6-15(21)16-12(2)19-20(4)13(16)3/h8-9,15H,5-7,10H2,1-4H3. The molecule has 0 aliphatic carbocycles. The lowest BCUT2D eigenvalue weighted by molar-refractivity contribution is 0.244. The Balaban J connectivity index is 1.84. The first-order valence-corrected chi connectivity index (χ1v) is 7.58. The van der Waals surface area contributed by atoms with Crippen molar-refractivity contribution in [1.82, 2.24) is 24.6 Å². The van der Waals surface area contributed by atoms with E-state index in [9.17, 15) is 0 Å². The van der Waals surface area contributed by atoms with Gasteiger partial charge in [0.15, 0.2) is 0 Å².